The number of aromatic nitrogens is 3. The van der Waals surface area contributed by atoms with Crippen molar-refractivity contribution in [2.45, 2.75) is 46.6 Å². The van der Waals surface area contributed by atoms with Crippen LogP contribution in [0.4, 0.5) is 5.82 Å². The van der Waals surface area contributed by atoms with Gasteiger partial charge in [-0.05, 0) is 38.3 Å². The molecule has 2 aromatic heterocycles. The highest BCUT2D eigenvalue weighted by molar-refractivity contribution is 5.83. The highest BCUT2D eigenvalue weighted by Gasteiger charge is 2.27. The van der Waals surface area contributed by atoms with Gasteiger partial charge < -0.3 is 10.0 Å². The molecular formula is C27H32N4O. The van der Waals surface area contributed by atoms with E-state index >= 15 is 0 Å². The molecule has 0 unspecified atom stereocenters. The number of hydrogen-bond donors (Lipinski definition) is 1. The largest absolute Gasteiger partial charge is 0.394 e. The number of aryl methyl sites for hydroxylation is 2. The summed E-state index contributed by atoms with van der Waals surface area (Å²) in [5.41, 5.74) is 7.34. The molecule has 0 amide bonds. The molecule has 1 atom stereocenters. The molecule has 4 aromatic rings. The van der Waals surface area contributed by atoms with E-state index in [1.165, 1.54) is 5.56 Å². The molecule has 166 valence electrons. The lowest BCUT2D eigenvalue weighted by Gasteiger charge is -2.25. The van der Waals surface area contributed by atoms with Crippen molar-refractivity contribution in [3.63, 3.8) is 0 Å². The Labute approximate surface area is 190 Å². The van der Waals surface area contributed by atoms with Crippen LogP contribution in [0.2, 0.25) is 0 Å². The summed E-state index contributed by atoms with van der Waals surface area (Å²) in [5.74, 6) is 0.910. The van der Waals surface area contributed by atoms with E-state index in [1.54, 1.807) is 0 Å². The lowest BCUT2D eigenvalue weighted by Crippen LogP contribution is -2.32. The summed E-state index contributed by atoms with van der Waals surface area (Å²) in [4.78, 5) is 7.32. The Balaban J connectivity index is 0.00000119. The average Bonchev–Trinajstić information content (AvgIpc) is 3.44. The van der Waals surface area contributed by atoms with Gasteiger partial charge >= 0.3 is 0 Å². The van der Waals surface area contributed by atoms with Crippen LogP contribution in [0, 0.1) is 13.8 Å². The Hall–Kier alpha value is -3.18. The smallest absolute Gasteiger partial charge is 0.166 e. The van der Waals surface area contributed by atoms with Crippen molar-refractivity contribution in [3.8, 4) is 22.4 Å². The van der Waals surface area contributed by atoms with Gasteiger partial charge in [-0.3, -0.25) is 0 Å². The quantitative estimate of drug-likeness (QED) is 0.455. The van der Waals surface area contributed by atoms with Crippen LogP contribution in [0.25, 0.3) is 28.0 Å². The maximum Gasteiger partial charge on any atom is 0.166 e. The Morgan fingerprint density at radius 2 is 1.72 bits per heavy atom. The van der Waals surface area contributed by atoms with Gasteiger partial charge in [0.1, 0.15) is 5.82 Å². The molecule has 5 rings (SSSR count). The molecule has 2 aromatic carbocycles. The van der Waals surface area contributed by atoms with Gasteiger partial charge in [0, 0.05) is 23.7 Å². The monoisotopic (exact) mass is 428 g/mol. The fourth-order valence-corrected chi connectivity index (χ4v) is 4.54. The van der Waals surface area contributed by atoms with Crippen LogP contribution >= 0.6 is 0 Å². The topological polar surface area (TPSA) is 53.7 Å². The zero-order valence-corrected chi connectivity index (χ0v) is 19.4. The first-order valence-electron chi connectivity index (χ1n) is 11.6. The van der Waals surface area contributed by atoms with Crippen molar-refractivity contribution in [2.75, 3.05) is 18.1 Å². The van der Waals surface area contributed by atoms with Gasteiger partial charge in [0.05, 0.1) is 24.0 Å². The van der Waals surface area contributed by atoms with Crippen LogP contribution < -0.4 is 4.90 Å². The van der Waals surface area contributed by atoms with Crippen LogP contribution in [-0.4, -0.2) is 38.9 Å². The van der Waals surface area contributed by atoms with E-state index in [9.17, 15) is 5.11 Å². The van der Waals surface area contributed by atoms with Crippen molar-refractivity contribution >= 4 is 11.5 Å². The van der Waals surface area contributed by atoms with Gasteiger partial charge in [-0.25, -0.2) is 9.50 Å². The fourth-order valence-electron chi connectivity index (χ4n) is 4.54. The van der Waals surface area contributed by atoms with Crippen LogP contribution in [0.3, 0.4) is 0 Å². The highest BCUT2D eigenvalue weighted by atomic mass is 16.3. The second-order valence-electron chi connectivity index (χ2n) is 8.10. The van der Waals surface area contributed by atoms with Gasteiger partial charge in [0.15, 0.2) is 5.65 Å². The molecule has 0 radical (unpaired) electrons. The molecule has 1 N–H and O–H groups in total. The maximum atomic E-state index is 9.88. The summed E-state index contributed by atoms with van der Waals surface area (Å²) in [6.45, 7) is 9.21. The number of rotatable bonds is 4. The average molecular weight is 429 g/mol. The summed E-state index contributed by atoms with van der Waals surface area (Å²) >= 11 is 0. The second kappa shape index (κ2) is 9.53. The van der Waals surface area contributed by atoms with E-state index < -0.39 is 0 Å². The van der Waals surface area contributed by atoms with E-state index in [0.29, 0.717) is 0 Å². The van der Waals surface area contributed by atoms with Crippen molar-refractivity contribution in [2.24, 2.45) is 0 Å². The van der Waals surface area contributed by atoms with Crippen LogP contribution in [0.5, 0.6) is 0 Å². The lowest BCUT2D eigenvalue weighted by molar-refractivity contribution is 0.266. The Kier molecular flexibility index (Phi) is 6.56. The first-order chi connectivity index (χ1) is 15.7. The van der Waals surface area contributed by atoms with E-state index in [2.05, 4.69) is 54.3 Å². The standard InChI is InChI=1S/C25H26N4O.C2H6/c1-17-8-6-11-20(14-17)22-15-23(28-13-7-12-21(28)16-30)26-25-24(18(2)27-29(22)25)19-9-4-3-5-10-19;1-2/h3-6,8-11,14-15,21,30H,7,12-13,16H2,1-2H3;1-2H3/t21-;/m0./s1. The van der Waals surface area contributed by atoms with Gasteiger partial charge in [0.2, 0.25) is 0 Å². The van der Waals surface area contributed by atoms with E-state index in [0.717, 1.165) is 58.9 Å². The highest BCUT2D eigenvalue weighted by Crippen LogP contribution is 2.34. The maximum absolute atomic E-state index is 9.88. The number of fused-ring (bicyclic) bond motifs is 1. The molecule has 0 bridgehead atoms. The number of hydrogen-bond acceptors (Lipinski definition) is 4. The van der Waals surface area contributed by atoms with E-state index in [4.69, 9.17) is 10.1 Å². The fraction of sp³-hybridized carbons (Fsp3) is 0.333. The first-order valence-corrected chi connectivity index (χ1v) is 11.6. The first kappa shape index (κ1) is 22.0. The third kappa shape index (κ3) is 4.00. The van der Waals surface area contributed by atoms with Gasteiger partial charge in [-0.2, -0.15) is 5.10 Å². The SMILES string of the molecule is CC.Cc1cccc(-c2cc(N3CCC[C@H]3CO)nc3c(-c4ccccc4)c(C)nn23)c1. The second-order valence-corrected chi connectivity index (χ2v) is 8.10. The summed E-state index contributed by atoms with van der Waals surface area (Å²) < 4.78 is 1.97. The molecule has 1 aliphatic heterocycles. The lowest BCUT2D eigenvalue weighted by atomic mass is 10.1. The zero-order valence-electron chi connectivity index (χ0n) is 19.4. The molecule has 1 fully saturated rings. The minimum atomic E-state index is 0.120. The molecule has 3 heterocycles. The number of nitrogens with zero attached hydrogens (tertiary/aromatic N) is 4. The summed E-state index contributed by atoms with van der Waals surface area (Å²) in [5, 5.41) is 14.8. The molecular weight excluding hydrogens is 396 g/mol. The predicted molar refractivity (Wildman–Crippen MR) is 132 cm³/mol. The van der Waals surface area contributed by atoms with Crippen molar-refractivity contribution < 1.29 is 5.11 Å². The van der Waals surface area contributed by atoms with Gasteiger partial charge in [-0.15, -0.1) is 0 Å². The number of aliphatic hydroxyl groups excluding tert-OH is 1. The van der Waals surface area contributed by atoms with Crippen molar-refractivity contribution in [1.29, 1.82) is 0 Å². The minimum absolute atomic E-state index is 0.120. The van der Waals surface area contributed by atoms with Crippen molar-refractivity contribution in [3.05, 3.63) is 71.9 Å². The molecule has 0 saturated carbocycles. The molecule has 1 saturated heterocycles. The minimum Gasteiger partial charge on any atom is -0.394 e. The molecule has 0 aliphatic carbocycles. The Morgan fingerprint density at radius 3 is 2.44 bits per heavy atom. The Bertz CT molecular complexity index is 1200. The number of benzene rings is 2. The summed E-state index contributed by atoms with van der Waals surface area (Å²) in [6, 6.07) is 21.1. The molecule has 1 aliphatic rings. The van der Waals surface area contributed by atoms with Crippen LogP contribution in [0.1, 0.15) is 37.9 Å². The van der Waals surface area contributed by atoms with E-state index in [-0.39, 0.29) is 12.6 Å². The van der Waals surface area contributed by atoms with Gasteiger partial charge in [0.25, 0.3) is 0 Å². The van der Waals surface area contributed by atoms with Crippen LogP contribution in [-0.2, 0) is 0 Å². The third-order valence-corrected chi connectivity index (χ3v) is 6.01. The van der Waals surface area contributed by atoms with Crippen molar-refractivity contribution in [1.82, 2.24) is 14.6 Å². The predicted octanol–water partition coefficient (Wildman–Crippen LogP) is 5.67. The molecule has 5 heteroatoms. The molecule has 5 nitrogen and oxygen atoms in total. The van der Waals surface area contributed by atoms with Crippen LogP contribution in [0.15, 0.2) is 60.7 Å². The molecule has 0 spiro atoms. The number of aliphatic hydroxyl groups is 1. The van der Waals surface area contributed by atoms with Gasteiger partial charge in [-0.1, -0.05) is 67.9 Å². The third-order valence-electron chi connectivity index (χ3n) is 6.01. The number of anilines is 1. The molecule has 32 heavy (non-hydrogen) atoms. The summed E-state index contributed by atoms with van der Waals surface area (Å²) in [6.07, 6.45) is 2.06. The normalized spacial score (nSPS) is 15.7. The van der Waals surface area contributed by atoms with E-state index in [1.807, 2.05) is 43.5 Å². The summed E-state index contributed by atoms with van der Waals surface area (Å²) in [7, 11) is 0. The Morgan fingerprint density at radius 1 is 0.969 bits per heavy atom. The zero-order chi connectivity index (χ0) is 22.7.